The van der Waals surface area contributed by atoms with Crippen LogP contribution >= 0.6 is 0 Å². The van der Waals surface area contributed by atoms with Crippen molar-refractivity contribution in [1.29, 1.82) is 5.26 Å². The van der Waals surface area contributed by atoms with E-state index < -0.39 is 0 Å². The number of piperidine rings is 1. The quantitative estimate of drug-likeness (QED) is 0.922. The molecule has 2 saturated heterocycles. The monoisotopic (exact) mass is 291 g/mol. The summed E-state index contributed by atoms with van der Waals surface area (Å²) in [5.41, 5.74) is 1.24. The van der Waals surface area contributed by atoms with Gasteiger partial charge >= 0.3 is 0 Å². The van der Waals surface area contributed by atoms with E-state index in [1.54, 1.807) is 6.07 Å². The lowest BCUT2D eigenvalue weighted by molar-refractivity contribution is 0.0924. The summed E-state index contributed by atoms with van der Waals surface area (Å²) in [5.74, 6) is 0.562. The standard InChI is InChI=1S/C18H17N3O/c19-9-14-3-1-2-12-4-5-13(8-16(12)14)18(22)20-17-11-21-7-6-15(17)10-21/h1-5,8,15,17H,6-7,10-11H2,(H,20,22)/t15-,17?/m0/s1. The van der Waals surface area contributed by atoms with E-state index in [4.69, 9.17) is 0 Å². The van der Waals surface area contributed by atoms with Gasteiger partial charge in [-0.15, -0.1) is 0 Å². The normalized spacial score (nSPS) is 26.0. The second kappa shape index (κ2) is 5.11. The van der Waals surface area contributed by atoms with Gasteiger partial charge in [0, 0.05) is 30.1 Å². The van der Waals surface area contributed by atoms with E-state index in [-0.39, 0.29) is 11.9 Å². The number of fused-ring (bicyclic) bond motifs is 3. The number of carbonyl (C=O) groups excluding carboxylic acids is 1. The summed E-state index contributed by atoms with van der Waals surface area (Å²) < 4.78 is 0. The van der Waals surface area contributed by atoms with Crippen LogP contribution in [0.5, 0.6) is 0 Å². The fraction of sp³-hybridized carbons (Fsp3) is 0.333. The van der Waals surface area contributed by atoms with Gasteiger partial charge in [0.15, 0.2) is 0 Å². The molecule has 2 fully saturated rings. The summed E-state index contributed by atoms with van der Waals surface area (Å²) >= 11 is 0. The van der Waals surface area contributed by atoms with Crippen LogP contribution in [0.15, 0.2) is 36.4 Å². The molecule has 2 heterocycles. The molecule has 2 aromatic carbocycles. The largest absolute Gasteiger partial charge is 0.348 e. The molecule has 0 aliphatic carbocycles. The van der Waals surface area contributed by atoms with Gasteiger partial charge < -0.3 is 10.2 Å². The molecule has 22 heavy (non-hydrogen) atoms. The Bertz CT molecular complexity index is 793. The number of amides is 1. The molecule has 0 saturated carbocycles. The Morgan fingerprint density at radius 1 is 1.27 bits per heavy atom. The Morgan fingerprint density at radius 3 is 2.91 bits per heavy atom. The van der Waals surface area contributed by atoms with Gasteiger partial charge in [0.2, 0.25) is 0 Å². The summed E-state index contributed by atoms with van der Waals surface area (Å²) in [6.45, 7) is 3.24. The number of rotatable bonds is 2. The predicted molar refractivity (Wildman–Crippen MR) is 84.5 cm³/mol. The van der Waals surface area contributed by atoms with Crippen molar-refractivity contribution < 1.29 is 4.79 Å². The van der Waals surface area contributed by atoms with Gasteiger partial charge in [-0.25, -0.2) is 0 Å². The summed E-state index contributed by atoms with van der Waals surface area (Å²) in [4.78, 5) is 14.9. The highest BCUT2D eigenvalue weighted by Gasteiger charge is 2.38. The fourth-order valence-electron chi connectivity index (χ4n) is 3.71. The number of carbonyl (C=O) groups is 1. The summed E-state index contributed by atoms with van der Waals surface area (Å²) in [6.07, 6.45) is 1.18. The average molecular weight is 291 g/mol. The number of hydrogen-bond donors (Lipinski definition) is 1. The third kappa shape index (κ3) is 2.15. The van der Waals surface area contributed by atoms with Crippen LogP contribution in [-0.4, -0.2) is 36.5 Å². The topological polar surface area (TPSA) is 56.1 Å². The van der Waals surface area contributed by atoms with Gasteiger partial charge in [-0.2, -0.15) is 5.26 Å². The molecule has 1 N–H and O–H groups in total. The minimum absolute atomic E-state index is 0.0339. The van der Waals surface area contributed by atoms with E-state index in [0.29, 0.717) is 17.0 Å². The second-order valence-corrected chi connectivity index (χ2v) is 6.24. The van der Waals surface area contributed by atoms with Gasteiger partial charge in [-0.1, -0.05) is 18.2 Å². The van der Waals surface area contributed by atoms with Crippen molar-refractivity contribution in [3.63, 3.8) is 0 Å². The lowest BCUT2D eigenvalue weighted by Gasteiger charge is -2.23. The van der Waals surface area contributed by atoms with Crippen LogP contribution in [-0.2, 0) is 0 Å². The average Bonchev–Trinajstić information content (AvgIpc) is 3.16. The van der Waals surface area contributed by atoms with Gasteiger partial charge in [-0.05, 0) is 42.5 Å². The van der Waals surface area contributed by atoms with Crippen molar-refractivity contribution >= 4 is 16.7 Å². The maximum atomic E-state index is 12.5. The van der Waals surface area contributed by atoms with Crippen LogP contribution in [0.25, 0.3) is 10.8 Å². The molecule has 3 atom stereocenters. The minimum Gasteiger partial charge on any atom is -0.348 e. The molecule has 2 aliphatic rings. The number of nitriles is 1. The highest BCUT2D eigenvalue weighted by atomic mass is 16.1. The van der Waals surface area contributed by atoms with E-state index in [2.05, 4.69) is 16.3 Å². The van der Waals surface area contributed by atoms with E-state index >= 15 is 0 Å². The second-order valence-electron chi connectivity index (χ2n) is 6.24. The molecule has 110 valence electrons. The molecule has 0 spiro atoms. The smallest absolute Gasteiger partial charge is 0.251 e. The van der Waals surface area contributed by atoms with Crippen LogP contribution in [0.2, 0.25) is 0 Å². The van der Waals surface area contributed by atoms with Crippen molar-refractivity contribution in [1.82, 2.24) is 10.2 Å². The van der Waals surface area contributed by atoms with E-state index in [0.717, 1.165) is 23.9 Å². The minimum atomic E-state index is -0.0339. The first kappa shape index (κ1) is 13.3. The molecule has 0 aromatic heterocycles. The predicted octanol–water partition coefficient (Wildman–Crippen LogP) is 2.15. The number of nitrogens with zero attached hydrogens (tertiary/aromatic N) is 2. The molecule has 0 radical (unpaired) electrons. The fourth-order valence-corrected chi connectivity index (χ4v) is 3.71. The van der Waals surface area contributed by atoms with E-state index in [1.165, 1.54) is 13.0 Å². The zero-order chi connectivity index (χ0) is 15.1. The SMILES string of the molecule is N#Cc1cccc2ccc(C(=O)NC3CN4CC[C@H]3C4)cc12. The van der Waals surface area contributed by atoms with Crippen molar-refractivity contribution in [3.8, 4) is 6.07 Å². The number of hydrogen-bond acceptors (Lipinski definition) is 3. The molecule has 2 unspecified atom stereocenters. The number of nitrogens with one attached hydrogen (secondary N) is 1. The number of benzene rings is 2. The van der Waals surface area contributed by atoms with Crippen LogP contribution in [0.4, 0.5) is 0 Å². The Balaban J connectivity index is 1.61. The third-order valence-electron chi connectivity index (χ3n) is 4.91. The molecule has 4 rings (SSSR count). The van der Waals surface area contributed by atoms with Crippen molar-refractivity contribution in [3.05, 3.63) is 47.5 Å². The first-order valence-corrected chi connectivity index (χ1v) is 7.71. The van der Waals surface area contributed by atoms with E-state index in [9.17, 15) is 10.1 Å². The summed E-state index contributed by atoms with van der Waals surface area (Å²) in [7, 11) is 0. The first-order valence-electron chi connectivity index (χ1n) is 7.71. The van der Waals surface area contributed by atoms with Gasteiger partial charge in [0.1, 0.15) is 0 Å². The third-order valence-corrected chi connectivity index (χ3v) is 4.91. The van der Waals surface area contributed by atoms with Gasteiger partial charge in [0.25, 0.3) is 5.91 Å². The zero-order valence-electron chi connectivity index (χ0n) is 12.2. The maximum absolute atomic E-state index is 12.5. The lowest BCUT2D eigenvalue weighted by Crippen LogP contribution is -2.43. The Labute approximate surface area is 129 Å². The van der Waals surface area contributed by atoms with Gasteiger partial charge in [0.05, 0.1) is 11.6 Å². The Morgan fingerprint density at radius 2 is 2.18 bits per heavy atom. The Kier molecular flexibility index (Phi) is 3.09. The molecular weight excluding hydrogens is 274 g/mol. The molecular formula is C18H17N3O. The van der Waals surface area contributed by atoms with Crippen molar-refractivity contribution in [2.45, 2.75) is 12.5 Å². The van der Waals surface area contributed by atoms with Crippen LogP contribution in [0, 0.1) is 17.2 Å². The van der Waals surface area contributed by atoms with Crippen molar-refractivity contribution in [2.24, 2.45) is 5.92 Å². The zero-order valence-corrected chi connectivity index (χ0v) is 12.2. The van der Waals surface area contributed by atoms with Crippen LogP contribution < -0.4 is 5.32 Å². The van der Waals surface area contributed by atoms with Crippen LogP contribution in [0.3, 0.4) is 0 Å². The molecule has 2 bridgehead atoms. The van der Waals surface area contributed by atoms with Crippen LogP contribution in [0.1, 0.15) is 22.3 Å². The summed E-state index contributed by atoms with van der Waals surface area (Å²) in [6, 6.07) is 13.7. The maximum Gasteiger partial charge on any atom is 0.251 e. The molecule has 1 amide bonds. The molecule has 4 nitrogen and oxygen atoms in total. The summed E-state index contributed by atoms with van der Waals surface area (Å²) in [5, 5.41) is 14.2. The molecule has 4 heteroatoms. The lowest BCUT2D eigenvalue weighted by atomic mass is 9.98. The highest BCUT2D eigenvalue weighted by molar-refractivity contribution is 6.00. The first-order chi connectivity index (χ1) is 10.7. The molecule has 2 aromatic rings. The molecule has 2 aliphatic heterocycles. The van der Waals surface area contributed by atoms with Gasteiger partial charge in [-0.3, -0.25) is 4.79 Å². The van der Waals surface area contributed by atoms with E-state index in [1.807, 2.05) is 30.3 Å². The van der Waals surface area contributed by atoms with Crippen molar-refractivity contribution in [2.75, 3.05) is 19.6 Å². The highest BCUT2D eigenvalue weighted by Crippen LogP contribution is 2.28. The Hall–Kier alpha value is -2.38.